The van der Waals surface area contributed by atoms with Gasteiger partial charge in [0.1, 0.15) is 0 Å². The number of carbonyl (C=O) groups excluding carboxylic acids is 1. The van der Waals surface area contributed by atoms with Crippen LogP contribution in [0.25, 0.3) is 0 Å². The molecular formula is C18H26N2O. The van der Waals surface area contributed by atoms with E-state index in [9.17, 15) is 4.79 Å². The SMILES string of the molecule is CCC1(CNC(=O)[C@H]2Cc3ccccc3CN2)CCCC1. The monoisotopic (exact) mass is 286 g/mol. The number of benzene rings is 1. The van der Waals surface area contributed by atoms with Crippen LogP contribution in [-0.4, -0.2) is 18.5 Å². The van der Waals surface area contributed by atoms with Gasteiger partial charge in [-0.05, 0) is 42.2 Å². The quantitative estimate of drug-likeness (QED) is 0.893. The van der Waals surface area contributed by atoms with Gasteiger partial charge in [0.15, 0.2) is 0 Å². The molecule has 1 aromatic carbocycles. The highest BCUT2D eigenvalue weighted by molar-refractivity contribution is 5.82. The van der Waals surface area contributed by atoms with Crippen LogP contribution < -0.4 is 10.6 Å². The average Bonchev–Trinajstić information content (AvgIpc) is 3.01. The van der Waals surface area contributed by atoms with Gasteiger partial charge < -0.3 is 10.6 Å². The molecule has 0 radical (unpaired) electrons. The maximum atomic E-state index is 12.4. The van der Waals surface area contributed by atoms with Gasteiger partial charge in [0.25, 0.3) is 0 Å². The molecule has 0 spiro atoms. The van der Waals surface area contributed by atoms with Crippen LogP contribution in [0.5, 0.6) is 0 Å². The first-order chi connectivity index (χ1) is 10.2. The molecule has 1 amide bonds. The second-order valence-electron chi connectivity index (χ2n) is 6.68. The van der Waals surface area contributed by atoms with Gasteiger partial charge >= 0.3 is 0 Å². The number of nitrogens with one attached hydrogen (secondary N) is 2. The van der Waals surface area contributed by atoms with Gasteiger partial charge in [-0.3, -0.25) is 4.79 Å². The summed E-state index contributed by atoms with van der Waals surface area (Å²) in [4.78, 5) is 12.4. The second-order valence-corrected chi connectivity index (χ2v) is 6.68. The Balaban J connectivity index is 1.57. The third kappa shape index (κ3) is 3.13. The number of rotatable bonds is 4. The Bertz CT molecular complexity index is 506. The van der Waals surface area contributed by atoms with Crippen LogP contribution in [0.3, 0.4) is 0 Å². The number of hydrogen-bond acceptors (Lipinski definition) is 2. The molecule has 1 aliphatic carbocycles. The van der Waals surface area contributed by atoms with E-state index in [2.05, 4.69) is 41.8 Å². The molecule has 3 nitrogen and oxygen atoms in total. The highest BCUT2D eigenvalue weighted by atomic mass is 16.2. The Morgan fingerprint density at radius 3 is 2.71 bits per heavy atom. The summed E-state index contributed by atoms with van der Waals surface area (Å²) in [7, 11) is 0. The molecule has 1 saturated carbocycles. The van der Waals surface area contributed by atoms with Crippen LogP contribution in [-0.2, 0) is 17.8 Å². The van der Waals surface area contributed by atoms with Gasteiger partial charge in [0, 0.05) is 13.1 Å². The highest BCUT2D eigenvalue weighted by Crippen LogP contribution is 2.40. The van der Waals surface area contributed by atoms with Crippen molar-refractivity contribution in [3.8, 4) is 0 Å². The van der Waals surface area contributed by atoms with E-state index in [1.165, 1.54) is 43.2 Å². The van der Waals surface area contributed by atoms with E-state index in [4.69, 9.17) is 0 Å². The predicted molar refractivity (Wildman–Crippen MR) is 85.0 cm³/mol. The standard InChI is InChI=1S/C18H26N2O/c1-2-18(9-5-6-10-18)13-20-17(21)16-11-14-7-3-4-8-15(14)12-19-16/h3-4,7-8,16,19H,2,5-6,9-13H2,1H3,(H,20,21)/t16-/m1/s1. The van der Waals surface area contributed by atoms with Crippen molar-refractivity contribution >= 4 is 5.91 Å². The van der Waals surface area contributed by atoms with Crippen molar-refractivity contribution in [2.75, 3.05) is 6.54 Å². The fourth-order valence-electron chi connectivity index (χ4n) is 3.82. The molecule has 2 aliphatic rings. The first-order valence-electron chi connectivity index (χ1n) is 8.30. The van der Waals surface area contributed by atoms with E-state index in [0.29, 0.717) is 5.41 Å². The van der Waals surface area contributed by atoms with Gasteiger partial charge in [-0.25, -0.2) is 0 Å². The van der Waals surface area contributed by atoms with E-state index in [-0.39, 0.29) is 11.9 Å². The first kappa shape index (κ1) is 14.6. The molecule has 1 aliphatic heterocycles. The fraction of sp³-hybridized carbons (Fsp3) is 0.611. The molecule has 3 heteroatoms. The zero-order valence-electron chi connectivity index (χ0n) is 13.0. The molecule has 0 bridgehead atoms. The summed E-state index contributed by atoms with van der Waals surface area (Å²) in [5, 5.41) is 6.58. The van der Waals surface area contributed by atoms with Crippen molar-refractivity contribution in [2.45, 2.75) is 58.0 Å². The second kappa shape index (κ2) is 6.18. The normalized spacial score (nSPS) is 23.6. The lowest BCUT2D eigenvalue weighted by atomic mass is 9.83. The van der Waals surface area contributed by atoms with E-state index in [1.807, 2.05) is 0 Å². The summed E-state index contributed by atoms with van der Waals surface area (Å²) in [6.45, 7) is 3.90. The molecule has 1 aromatic rings. The lowest BCUT2D eigenvalue weighted by Gasteiger charge is -2.30. The summed E-state index contributed by atoms with van der Waals surface area (Å²) in [5.41, 5.74) is 2.99. The predicted octanol–water partition coefficient (Wildman–Crippen LogP) is 2.79. The molecule has 0 aromatic heterocycles. The van der Waals surface area contributed by atoms with Gasteiger partial charge in [0.05, 0.1) is 6.04 Å². The maximum absolute atomic E-state index is 12.4. The molecule has 0 unspecified atom stereocenters. The van der Waals surface area contributed by atoms with E-state index in [0.717, 1.165) is 19.5 Å². The van der Waals surface area contributed by atoms with Gasteiger partial charge in [-0.2, -0.15) is 0 Å². The molecule has 0 saturated heterocycles. The zero-order chi connectivity index (χ0) is 14.7. The largest absolute Gasteiger partial charge is 0.354 e. The van der Waals surface area contributed by atoms with E-state index >= 15 is 0 Å². The van der Waals surface area contributed by atoms with Crippen LogP contribution in [0, 0.1) is 5.41 Å². The summed E-state index contributed by atoms with van der Waals surface area (Å²) >= 11 is 0. The Labute approximate surface area is 127 Å². The number of fused-ring (bicyclic) bond motifs is 1. The van der Waals surface area contributed by atoms with Crippen LogP contribution in [0.1, 0.15) is 50.2 Å². The number of amides is 1. The Hall–Kier alpha value is -1.35. The smallest absolute Gasteiger partial charge is 0.237 e. The minimum atomic E-state index is -0.0739. The zero-order valence-corrected chi connectivity index (χ0v) is 13.0. The summed E-state index contributed by atoms with van der Waals surface area (Å²) < 4.78 is 0. The molecule has 21 heavy (non-hydrogen) atoms. The highest BCUT2D eigenvalue weighted by Gasteiger charge is 2.33. The van der Waals surface area contributed by atoms with Crippen molar-refractivity contribution < 1.29 is 4.79 Å². The minimum absolute atomic E-state index is 0.0739. The molecule has 1 atom stereocenters. The number of carbonyl (C=O) groups is 1. The van der Waals surface area contributed by atoms with E-state index < -0.39 is 0 Å². The van der Waals surface area contributed by atoms with Crippen LogP contribution >= 0.6 is 0 Å². The maximum Gasteiger partial charge on any atom is 0.237 e. The lowest BCUT2D eigenvalue weighted by molar-refractivity contribution is -0.123. The van der Waals surface area contributed by atoms with Gasteiger partial charge in [-0.15, -0.1) is 0 Å². The van der Waals surface area contributed by atoms with Crippen LogP contribution in [0.4, 0.5) is 0 Å². The minimum Gasteiger partial charge on any atom is -0.354 e. The molecule has 1 heterocycles. The first-order valence-corrected chi connectivity index (χ1v) is 8.30. The van der Waals surface area contributed by atoms with Crippen molar-refractivity contribution in [3.05, 3.63) is 35.4 Å². The third-order valence-corrected chi connectivity index (χ3v) is 5.45. The molecule has 2 N–H and O–H groups in total. The molecule has 3 rings (SSSR count). The summed E-state index contributed by atoms with van der Waals surface area (Å²) in [5.74, 6) is 0.171. The van der Waals surface area contributed by atoms with Crippen LogP contribution in [0.2, 0.25) is 0 Å². The molecule has 114 valence electrons. The Morgan fingerprint density at radius 1 is 1.29 bits per heavy atom. The Kier molecular flexibility index (Phi) is 4.29. The lowest BCUT2D eigenvalue weighted by Crippen LogP contribution is -2.49. The van der Waals surface area contributed by atoms with Crippen molar-refractivity contribution in [1.29, 1.82) is 0 Å². The molecular weight excluding hydrogens is 260 g/mol. The average molecular weight is 286 g/mol. The van der Waals surface area contributed by atoms with Gasteiger partial charge in [-0.1, -0.05) is 44.0 Å². The summed E-state index contributed by atoms with van der Waals surface area (Å²) in [6.07, 6.45) is 7.16. The topological polar surface area (TPSA) is 41.1 Å². The summed E-state index contributed by atoms with van der Waals surface area (Å²) in [6, 6.07) is 8.33. The van der Waals surface area contributed by atoms with Crippen molar-refractivity contribution in [1.82, 2.24) is 10.6 Å². The van der Waals surface area contributed by atoms with Crippen molar-refractivity contribution in [3.63, 3.8) is 0 Å². The van der Waals surface area contributed by atoms with Crippen molar-refractivity contribution in [2.24, 2.45) is 5.41 Å². The Morgan fingerprint density at radius 2 is 2.00 bits per heavy atom. The third-order valence-electron chi connectivity index (χ3n) is 5.45. The fourth-order valence-corrected chi connectivity index (χ4v) is 3.82. The molecule has 1 fully saturated rings. The van der Waals surface area contributed by atoms with Crippen LogP contribution in [0.15, 0.2) is 24.3 Å². The van der Waals surface area contributed by atoms with E-state index in [1.54, 1.807) is 0 Å². The number of hydrogen-bond donors (Lipinski definition) is 2. The van der Waals surface area contributed by atoms with Gasteiger partial charge in [0.2, 0.25) is 5.91 Å².